The van der Waals surface area contributed by atoms with E-state index in [1.54, 1.807) is 8.12 Å². The second kappa shape index (κ2) is 5.08. The average Bonchev–Trinajstić information content (AvgIpc) is 2.84. The van der Waals surface area contributed by atoms with Crippen molar-refractivity contribution in [3.63, 3.8) is 0 Å². The molecular weight excluding hydrogens is 382 g/mol. The Bertz CT molecular complexity index is 488. The first kappa shape index (κ1) is 14.8. The molecule has 0 nitrogen and oxygen atoms in total. The second-order valence-corrected chi connectivity index (χ2v) is 22.4. The van der Waals surface area contributed by atoms with Crippen LogP contribution in [-0.2, 0) is 0 Å². The van der Waals surface area contributed by atoms with Gasteiger partial charge in [-0.2, -0.15) is 0 Å². The van der Waals surface area contributed by atoms with Crippen LogP contribution >= 0.6 is 0 Å². The van der Waals surface area contributed by atoms with Crippen LogP contribution in [0, 0.1) is 0 Å². The van der Waals surface area contributed by atoms with Gasteiger partial charge in [0.1, 0.15) is 0 Å². The first-order valence-corrected chi connectivity index (χ1v) is 17.1. The van der Waals surface area contributed by atoms with E-state index in [-0.39, 0.29) is 0 Å². The molecule has 98 valence electrons. The van der Waals surface area contributed by atoms with Gasteiger partial charge in [-0.25, -0.2) is 0 Å². The quantitative estimate of drug-likeness (QED) is 0.690. The van der Waals surface area contributed by atoms with Crippen LogP contribution in [-0.4, -0.2) is 45.2 Å². The van der Waals surface area contributed by atoms with Crippen molar-refractivity contribution < 1.29 is 0 Å². The van der Waals surface area contributed by atoms with Gasteiger partial charge in [0.2, 0.25) is 0 Å². The number of hydrogen-bond donors (Lipinski definition) is 0. The van der Waals surface area contributed by atoms with E-state index in [9.17, 15) is 0 Å². The molecule has 0 aliphatic rings. The van der Waals surface area contributed by atoms with Crippen LogP contribution in [0.25, 0.3) is 11.1 Å². The van der Waals surface area contributed by atoms with E-state index in [4.69, 9.17) is 0 Å². The summed E-state index contributed by atoms with van der Waals surface area (Å²) in [5, 5.41) is 0. The first-order chi connectivity index (χ1) is 8.18. The summed E-state index contributed by atoms with van der Waals surface area (Å²) in [7, 11) is -2.14. The molecule has 18 heavy (non-hydrogen) atoms. The third-order valence-corrected chi connectivity index (χ3v) is 18.3. The van der Waals surface area contributed by atoms with Crippen LogP contribution in [0.5, 0.6) is 0 Å². The summed E-state index contributed by atoms with van der Waals surface area (Å²) in [6.07, 6.45) is 0. The Labute approximate surface area is 125 Å². The van der Waals surface area contributed by atoms with Gasteiger partial charge in [-0.3, -0.25) is 0 Å². The summed E-state index contributed by atoms with van der Waals surface area (Å²) in [5.41, 5.74) is 3.06. The Hall–Kier alpha value is 0.433. The average molecular weight is 404 g/mol. The SMILES string of the molecule is C[Si](C)(C)c1cc(-c2c[se]c([Si](C)(C)C)c2)c[se]1. The summed E-state index contributed by atoms with van der Waals surface area (Å²) in [4.78, 5) is 5.01. The predicted octanol–water partition coefficient (Wildman–Crippen LogP) is 2.56. The van der Waals surface area contributed by atoms with Crippen molar-refractivity contribution in [3.05, 3.63) is 22.0 Å². The summed E-state index contributed by atoms with van der Waals surface area (Å²) in [5.74, 6) is 0. The molecule has 0 N–H and O–H groups in total. The standard InChI is InChI=1S/C14H22Se2Si2/c1-17(2,3)13-7-11(9-15-13)12-8-14(16-10-12)18(4,5)6/h7-10H,1-6H3. The molecular formula is C14H22Se2Si2. The molecule has 0 amide bonds. The summed E-state index contributed by atoms with van der Waals surface area (Å²) < 4.78 is 3.54. The molecule has 0 aromatic carbocycles. The van der Waals surface area contributed by atoms with Crippen molar-refractivity contribution in [2.24, 2.45) is 0 Å². The Morgan fingerprint density at radius 1 is 0.667 bits per heavy atom. The minimum atomic E-state index is -1.07. The van der Waals surface area contributed by atoms with Crippen LogP contribution in [0.4, 0.5) is 0 Å². The Balaban J connectivity index is 2.33. The molecule has 0 spiro atoms. The Morgan fingerprint density at radius 2 is 1.00 bits per heavy atom. The molecule has 4 heteroatoms. The number of hydrogen-bond acceptors (Lipinski definition) is 0. The summed E-state index contributed by atoms with van der Waals surface area (Å²) in [6, 6.07) is 5.02. The van der Waals surface area contributed by atoms with Crippen molar-refractivity contribution in [1.82, 2.24) is 0 Å². The van der Waals surface area contributed by atoms with Crippen LogP contribution in [0.2, 0.25) is 39.3 Å². The van der Waals surface area contributed by atoms with Crippen molar-refractivity contribution in [1.29, 1.82) is 0 Å². The molecule has 0 radical (unpaired) electrons. The molecule has 2 heterocycles. The molecule has 2 aromatic heterocycles. The van der Waals surface area contributed by atoms with Crippen molar-refractivity contribution in [2.45, 2.75) is 39.3 Å². The molecule has 0 unspecified atom stereocenters. The van der Waals surface area contributed by atoms with Gasteiger partial charge in [0.15, 0.2) is 0 Å². The third-order valence-electron chi connectivity index (χ3n) is 3.01. The molecule has 0 bridgehead atoms. The van der Waals surface area contributed by atoms with E-state index in [1.165, 1.54) is 11.1 Å². The minimum absolute atomic E-state index is 0.628. The van der Waals surface area contributed by atoms with Gasteiger partial charge in [0, 0.05) is 0 Å². The van der Waals surface area contributed by atoms with Gasteiger partial charge in [-0.15, -0.1) is 0 Å². The normalized spacial score (nSPS) is 13.0. The van der Waals surface area contributed by atoms with Crippen LogP contribution in [0.15, 0.2) is 22.0 Å². The molecule has 0 aliphatic heterocycles. The molecule has 0 saturated heterocycles. The van der Waals surface area contributed by atoms with E-state index < -0.39 is 16.1 Å². The van der Waals surface area contributed by atoms with Crippen molar-refractivity contribution in [2.75, 3.05) is 0 Å². The van der Waals surface area contributed by atoms with Crippen molar-refractivity contribution in [3.8, 4) is 11.1 Å². The van der Waals surface area contributed by atoms with E-state index in [0.717, 1.165) is 0 Å². The fourth-order valence-electron chi connectivity index (χ4n) is 1.76. The van der Waals surface area contributed by atoms with Gasteiger partial charge < -0.3 is 0 Å². The number of rotatable bonds is 3. The monoisotopic (exact) mass is 406 g/mol. The Kier molecular flexibility index (Phi) is 4.19. The fourth-order valence-corrected chi connectivity index (χ4v) is 11.4. The molecule has 2 aromatic rings. The fraction of sp³-hybridized carbons (Fsp3) is 0.429. The molecule has 0 atom stereocenters. The van der Waals surface area contributed by atoms with Gasteiger partial charge in [-0.1, -0.05) is 0 Å². The molecule has 0 aliphatic carbocycles. The zero-order valence-corrected chi connectivity index (χ0v) is 17.6. The Morgan fingerprint density at radius 3 is 1.22 bits per heavy atom. The van der Waals surface area contributed by atoms with Gasteiger partial charge in [0.05, 0.1) is 0 Å². The zero-order valence-electron chi connectivity index (χ0n) is 12.1. The third kappa shape index (κ3) is 3.30. The second-order valence-electron chi connectivity index (χ2n) is 6.90. The van der Waals surface area contributed by atoms with Crippen molar-refractivity contribution >= 4 is 53.3 Å². The summed E-state index contributed by atoms with van der Waals surface area (Å²) in [6.45, 7) is 14.8. The van der Waals surface area contributed by atoms with E-state index >= 15 is 0 Å². The maximum atomic E-state index is 2.51. The topological polar surface area (TPSA) is 0 Å². The summed E-state index contributed by atoms with van der Waals surface area (Å²) >= 11 is 1.26. The van der Waals surface area contributed by atoms with Gasteiger partial charge in [0.25, 0.3) is 0 Å². The molecule has 2 rings (SSSR count). The first-order valence-electron chi connectivity index (χ1n) is 6.36. The van der Waals surface area contributed by atoms with E-state index in [1.807, 2.05) is 0 Å². The van der Waals surface area contributed by atoms with E-state index in [2.05, 4.69) is 61.3 Å². The predicted molar refractivity (Wildman–Crippen MR) is 91.7 cm³/mol. The molecule has 0 saturated carbocycles. The van der Waals surface area contributed by atoms with Crippen LogP contribution in [0.1, 0.15) is 0 Å². The van der Waals surface area contributed by atoms with E-state index in [0.29, 0.717) is 29.0 Å². The van der Waals surface area contributed by atoms with Crippen LogP contribution < -0.4 is 8.12 Å². The van der Waals surface area contributed by atoms with Gasteiger partial charge in [-0.05, 0) is 0 Å². The molecule has 0 fully saturated rings. The van der Waals surface area contributed by atoms with Gasteiger partial charge >= 0.3 is 126 Å². The zero-order chi connectivity index (χ0) is 13.6. The maximum absolute atomic E-state index is 2.51. The van der Waals surface area contributed by atoms with Crippen LogP contribution in [0.3, 0.4) is 0 Å².